The van der Waals surface area contributed by atoms with Crippen molar-refractivity contribution in [2.45, 2.75) is 20.4 Å². The largest absolute Gasteiger partial charge is 0.326 e. The molecule has 0 bridgehead atoms. The van der Waals surface area contributed by atoms with Gasteiger partial charge in [0, 0.05) is 17.3 Å². The SMILES string of the molecule is Cc1nnc(C)c2cc(CN)ccc12. The van der Waals surface area contributed by atoms with Crippen molar-refractivity contribution in [3.05, 3.63) is 35.2 Å². The van der Waals surface area contributed by atoms with Gasteiger partial charge in [-0.2, -0.15) is 10.2 Å². The molecule has 0 aliphatic heterocycles. The lowest BCUT2D eigenvalue weighted by Crippen LogP contribution is -1.98. The molecule has 2 rings (SSSR count). The second kappa shape index (κ2) is 3.35. The fourth-order valence-corrected chi connectivity index (χ4v) is 1.59. The molecule has 0 atom stereocenters. The summed E-state index contributed by atoms with van der Waals surface area (Å²) in [7, 11) is 0. The molecule has 2 N–H and O–H groups in total. The van der Waals surface area contributed by atoms with Crippen molar-refractivity contribution in [2.75, 3.05) is 0 Å². The summed E-state index contributed by atoms with van der Waals surface area (Å²) in [5.74, 6) is 0. The number of fused-ring (bicyclic) bond motifs is 1. The fourth-order valence-electron chi connectivity index (χ4n) is 1.59. The maximum atomic E-state index is 5.59. The quantitative estimate of drug-likeness (QED) is 0.739. The van der Waals surface area contributed by atoms with Crippen molar-refractivity contribution in [3.63, 3.8) is 0 Å². The van der Waals surface area contributed by atoms with E-state index in [0.717, 1.165) is 27.7 Å². The van der Waals surface area contributed by atoms with Crippen molar-refractivity contribution in [1.82, 2.24) is 10.2 Å². The molecule has 3 nitrogen and oxygen atoms in total. The van der Waals surface area contributed by atoms with E-state index in [9.17, 15) is 0 Å². The van der Waals surface area contributed by atoms with Crippen molar-refractivity contribution >= 4 is 10.8 Å². The van der Waals surface area contributed by atoms with Crippen LogP contribution in [-0.2, 0) is 6.54 Å². The van der Waals surface area contributed by atoms with Gasteiger partial charge in [-0.3, -0.25) is 0 Å². The number of nitrogens with zero attached hydrogens (tertiary/aromatic N) is 2. The Morgan fingerprint density at radius 2 is 1.71 bits per heavy atom. The van der Waals surface area contributed by atoms with Crippen LogP contribution in [-0.4, -0.2) is 10.2 Å². The van der Waals surface area contributed by atoms with Gasteiger partial charge in [-0.1, -0.05) is 12.1 Å². The second-order valence-electron chi connectivity index (χ2n) is 3.45. The van der Waals surface area contributed by atoms with E-state index in [0.29, 0.717) is 6.54 Å². The first-order chi connectivity index (χ1) is 6.72. The minimum absolute atomic E-state index is 0.566. The highest BCUT2D eigenvalue weighted by atomic mass is 15.1. The summed E-state index contributed by atoms with van der Waals surface area (Å²) in [5.41, 5.74) is 8.65. The first-order valence-corrected chi connectivity index (χ1v) is 4.65. The molecule has 2 aromatic rings. The summed E-state index contributed by atoms with van der Waals surface area (Å²) in [4.78, 5) is 0. The molecule has 0 spiro atoms. The predicted molar refractivity (Wildman–Crippen MR) is 56.9 cm³/mol. The van der Waals surface area contributed by atoms with Gasteiger partial charge in [0.1, 0.15) is 0 Å². The number of hydrogen-bond donors (Lipinski definition) is 1. The van der Waals surface area contributed by atoms with E-state index in [-0.39, 0.29) is 0 Å². The first-order valence-electron chi connectivity index (χ1n) is 4.65. The molecule has 0 aliphatic carbocycles. The highest BCUT2D eigenvalue weighted by Gasteiger charge is 2.03. The Labute approximate surface area is 83.0 Å². The number of benzene rings is 1. The van der Waals surface area contributed by atoms with Crippen molar-refractivity contribution in [2.24, 2.45) is 5.73 Å². The molecular weight excluding hydrogens is 174 g/mol. The Hall–Kier alpha value is -1.48. The lowest BCUT2D eigenvalue weighted by atomic mass is 10.1. The van der Waals surface area contributed by atoms with E-state index < -0.39 is 0 Å². The van der Waals surface area contributed by atoms with Gasteiger partial charge in [-0.15, -0.1) is 0 Å². The summed E-state index contributed by atoms with van der Waals surface area (Å²) in [5, 5.41) is 10.5. The van der Waals surface area contributed by atoms with Gasteiger partial charge in [0.05, 0.1) is 11.4 Å². The van der Waals surface area contributed by atoms with Crippen LogP contribution in [0.5, 0.6) is 0 Å². The Morgan fingerprint density at radius 3 is 2.36 bits per heavy atom. The topological polar surface area (TPSA) is 51.8 Å². The van der Waals surface area contributed by atoms with Gasteiger partial charge in [0.15, 0.2) is 0 Å². The molecule has 1 aromatic carbocycles. The van der Waals surface area contributed by atoms with Crippen LogP contribution in [0, 0.1) is 13.8 Å². The monoisotopic (exact) mass is 187 g/mol. The summed E-state index contributed by atoms with van der Waals surface area (Å²) >= 11 is 0. The van der Waals surface area contributed by atoms with E-state index >= 15 is 0 Å². The second-order valence-corrected chi connectivity index (χ2v) is 3.45. The van der Waals surface area contributed by atoms with E-state index in [1.807, 2.05) is 19.9 Å². The molecular formula is C11H13N3. The molecule has 0 amide bonds. The van der Waals surface area contributed by atoms with Crippen LogP contribution in [0.2, 0.25) is 0 Å². The molecule has 14 heavy (non-hydrogen) atoms. The number of rotatable bonds is 1. The molecule has 1 aromatic heterocycles. The average molecular weight is 187 g/mol. The molecule has 0 radical (unpaired) electrons. The van der Waals surface area contributed by atoms with Gasteiger partial charge in [0.2, 0.25) is 0 Å². The third kappa shape index (κ3) is 1.36. The highest BCUT2D eigenvalue weighted by Crippen LogP contribution is 2.19. The van der Waals surface area contributed by atoms with Crippen molar-refractivity contribution in [1.29, 1.82) is 0 Å². The number of aromatic nitrogens is 2. The highest BCUT2D eigenvalue weighted by molar-refractivity contribution is 5.86. The molecule has 0 saturated carbocycles. The van der Waals surface area contributed by atoms with Gasteiger partial charge in [-0.25, -0.2) is 0 Å². The molecule has 1 heterocycles. The Morgan fingerprint density at radius 1 is 1.07 bits per heavy atom. The zero-order valence-electron chi connectivity index (χ0n) is 8.41. The van der Waals surface area contributed by atoms with E-state index in [1.165, 1.54) is 0 Å². The molecule has 0 saturated heterocycles. The summed E-state index contributed by atoms with van der Waals surface area (Å²) < 4.78 is 0. The zero-order valence-corrected chi connectivity index (χ0v) is 8.41. The molecule has 0 aliphatic rings. The predicted octanol–water partition coefficient (Wildman–Crippen LogP) is 1.71. The summed E-state index contributed by atoms with van der Waals surface area (Å²) in [6, 6.07) is 6.19. The Balaban J connectivity index is 2.80. The molecule has 72 valence electrons. The molecule has 0 fully saturated rings. The van der Waals surface area contributed by atoms with Gasteiger partial charge in [0.25, 0.3) is 0 Å². The van der Waals surface area contributed by atoms with Crippen LogP contribution in [0.4, 0.5) is 0 Å². The number of aryl methyl sites for hydroxylation is 2. The van der Waals surface area contributed by atoms with Crippen molar-refractivity contribution in [3.8, 4) is 0 Å². The van der Waals surface area contributed by atoms with Crippen LogP contribution in [0.25, 0.3) is 10.8 Å². The van der Waals surface area contributed by atoms with E-state index in [1.54, 1.807) is 0 Å². The van der Waals surface area contributed by atoms with Crippen LogP contribution < -0.4 is 5.73 Å². The van der Waals surface area contributed by atoms with Crippen molar-refractivity contribution < 1.29 is 0 Å². The van der Waals surface area contributed by atoms with E-state index in [4.69, 9.17) is 5.73 Å². The minimum atomic E-state index is 0.566. The third-order valence-electron chi connectivity index (χ3n) is 2.45. The van der Waals surface area contributed by atoms with Crippen LogP contribution in [0.15, 0.2) is 18.2 Å². The van der Waals surface area contributed by atoms with Crippen LogP contribution in [0.3, 0.4) is 0 Å². The summed E-state index contributed by atoms with van der Waals surface area (Å²) in [6.07, 6.45) is 0. The van der Waals surface area contributed by atoms with Gasteiger partial charge >= 0.3 is 0 Å². The van der Waals surface area contributed by atoms with Gasteiger partial charge < -0.3 is 5.73 Å². The lowest BCUT2D eigenvalue weighted by Gasteiger charge is -2.05. The first kappa shape index (κ1) is 9.09. The maximum Gasteiger partial charge on any atom is 0.0678 e. The smallest absolute Gasteiger partial charge is 0.0678 e. The van der Waals surface area contributed by atoms with Crippen LogP contribution >= 0.6 is 0 Å². The maximum absolute atomic E-state index is 5.59. The summed E-state index contributed by atoms with van der Waals surface area (Å²) in [6.45, 7) is 4.50. The Bertz CT molecular complexity index is 477. The minimum Gasteiger partial charge on any atom is -0.326 e. The van der Waals surface area contributed by atoms with E-state index in [2.05, 4.69) is 22.3 Å². The average Bonchev–Trinajstić information content (AvgIpc) is 2.23. The third-order valence-corrected chi connectivity index (χ3v) is 2.45. The number of hydrogen-bond acceptors (Lipinski definition) is 3. The lowest BCUT2D eigenvalue weighted by molar-refractivity contribution is 0.962. The molecule has 3 heteroatoms. The Kier molecular flexibility index (Phi) is 2.17. The standard InChI is InChI=1S/C11H13N3/c1-7-10-4-3-9(6-12)5-11(10)8(2)14-13-7/h3-5H,6,12H2,1-2H3. The van der Waals surface area contributed by atoms with Gasteiger partial charge in [-0.05, 0) is 25.5 Å². The molecule has 0 unspecified atom stereocenters. The number of nitrogens with two attached hydrogens (primary N) is 1. The normalized spacial score (nSPS) is 10.8. The van der Waals surface area contributed by atoms with Crippen LogP contribution in [0.1, 0.15) is 17.0 Å². The fraction of sp³-hybridized carbons (Fsp3) is 0.273. The zero-order chi connectivity index (χ0) is 10.1.